The summed E-state index contributed by atoms with van der Waals surface area (Å²) in [6, 6.07) is 3.04. The molecular formula is C13H15N3O3. The molecule has 2 aromatic heterocycles. The first-order chi connectivity index (χ1) is 9.22. The molecule has 0 atom stereocenters. The quantitative estimate of drug-likeness (QED) is 0.899. The van der Waals surface area contributed by atoms with Crippen molar-refractivity contribution in [2.75, 3.05) is 19.6 Å². The first-order valence-electron chi connectivity index (χ1n) is 6.44. The van der Waals surface area contributed by atoms with E-state index in [9.17, 15) is 4.79 Å². The molecule has 1 saturated heterocycles. The molecule has 6 nitrogen and oxygen atoms in total. The molecule has 0 bridgehead atoms. The number of likely N-dealkylation sites (tertiary alicyclic amines) is 1. The number of rotatable bonds is 4. The lowest BCUT2D eigenvalue weighted by atomic mass is 10.3. The van der Waals surface area contributed by atoms with E-state index >= 15 is 0 Å². The first-order valence-corrected chi connectivity index (χ1v) is 6.44. The molecular weight excluding hydrogens is 246 g/mol. The lowest BCUT2D eigenvalue weighted by Crippen LogP contribution is -2.21. The van der Waals surface area contributed by atoms with Crippen molar-refractivity contribution in [2.24, 2.45) is 0 Å². The highest BCUT2D eigenvalue weighted by molar-refractivity contribution is 5.87. The van der Waals surface area contributed by atoms with Gasteiger partial charge >= 0.3 is 5.97 Å². The highest BCUT2D eigenvalue weighted by Gasteiger charge is 2.14. The Hall–Kier alpha value is -1.95. The van der Waals surface area contributed by atoms with Crippen molar-refractivity contribution in [3.63, 3.8) is 0 Å². The molecule has 6 heteroatoms. The predicted molar refractivity (Wildman–Crippen MR) is 68.1 cm³/mol. The Labute approximate surface area is 110 Å². The zero-order valence-corrected chi connectivity index (χ0v) is 10.5. The summed E-state index contributed by atoms with van der Waals surface area (Å²) in [5, 5.41) is 8.87. The Kier molecular flexibility index (Phi) is 3.16. The lowest BCUT2D eigenvalue weighted by molar-refractivity contribution is 0.0691. The molecule has 1 N–H and O–H groups in total. The van der Waals surface area contributed by atoms with Crippen molar-refractivity contribution in [2.45, 2.75) is 19.3 Å². The van der Waals surface area contributed by atoms with E-state index in [0.29, 0.717) is 17.1 Å². The highest BCUT2D eigenvalue weighted by atomic mass is 16.4. The van der Waals surface area contributed by atoms with Gasteiger partial charge in [-0.15, -0.1) is 0 Å². The minimum atomic E-state index is -1.05. The fourth-order valence-electron chi connectivity index (χ4n) is 2.35. The molecule has 1 fully saturated rings. The standard InChI is InChI=1S/C13H15N3O3/c17-13(18)9-3-4-10-12(14-9)15-11(19-10)5-8-16-6-1-2-7-16/h3-4H,1-2,5-8H2,(H,17,18). The van der Waals surface area contributed by atoms with Gasteiger partial charge in [-0.1, -0.05) is 0 Å². The summed E-state index contributed by atoms with van der Waals surface area (Å²) in [6.07, 6.45) is 3.26. The van der Waals surface area contributed by atoms with Crippen LogP contribution in [0.15, 0.2) is 16.5 Å². The summed E-state index contributed by atoms with van der Waals surface area (Å²) in [4.78, 5) is 21.4. The van der Waals surface area contributed by atoms with Crippen molar-refractivity contribution in [3.8, 4) is 0 Å². The van der Waals surface area contributed by atoms with E-state index in [1.807, 2.05) is 0 Å². The highest BCUT2D eigenvalue weighted by Crippen LogP contribution is 2.15. The number of oxazole rings is 1. The van der Waals surface area contributed by atoms with Gasteiger partial charge in [-0.3, -0.25) is 0 Å². The van der Waals surface area contributed by atoms with Crippen LogP contribution in [0.3, 0.4) is 0 Å². The second kappa shape index (κ2) is 4.97. The molecule has 3 rings (SSSR count). The van der Waals surface area contributed by atoms with Crippen LogP contribution < -0.4 is 0 Å². The second-order valence-electron chi connectivity index (χ2n) is 4.73. The van der Waals surface area contributed by atoms with Crippen LogP contribution in [0, 0.1) is 0 Å². The van der Waals surface area contributed by atoms with Gasteiger partial charge in [0.25, 0.3) is 0 Å². The average Bonchev–Trinajstić information content (AvgIpc) is 3.04. The van der Waals surface area contributed by atoms with Gasteiger partial charge in [0.2, 0.25) is 0 Å². The Morgan fingerprint density at radius 2 is 2.11 bits per heavy atom. The zero-order valence-electron chi connectivity index (χ0n) is 10.5. The van der Waals surface area contributed by atoms with Gasteiger partial charge in [-0.05, 0) is 38.1 Å². The van der Waals surface area contributed by atoms with E-state index < -0.39 is 5.97 Å². The second-order valence-corrected chi connectivity index (χ2v) is 4.73. The molecule has 1 aliphatic heterocycles. The van der Waals surface area contributed by atoms with Crippen molar-refractivity contribution in [3.05, 3.63) is 23.7 Å². The lowest BCUT2D eigenvalue weighted by Gasteiger charge is -2.11. The first kappa shape index (κ1) is 12.1. The zero-order chi connectivity index (χ0) is 13.2. The van der Waals surface area contributed by atoms with Crippen LogP contribution in [0.2, 0.25) is 0 Å². The Morgan fingerprint density at radius 1 is 1.32 bits per heavy atom. The molecule has 0 saturated carbocycles. The van der Waals surface area contributed by atoms with E-state index in [0.717, 1.165) is 26.1 Å². The molecule has 0 aromatic carbocycles. The smallest absolute Gasteiger partial charge is 0.354 e. The topological polar surface area (TPSA) is 79.5 Å². The van der Waals surface area contributed by atoms with Gasteiger partial charge in [0.05, 0.1) is 0 Å². The number of hydrogen-bond acceptors (Lipinski definition) is 5. The normalized spacial score (nSPS) is 16.2. The van der Waals surface area contributed by atoms with E-state index in [2.05, 4.69) is 14.9 Å². The Bertz CT molecular complexity index is 602. The molecule has 100 valence electrons. The largest absolute Gasteiger partial charge is 0.477 e. The minimum absolute atomic E-state index is 0.00751. The number of fused-ring (bicyclic) bond motifs is 1. The number of pyridine rings is 1. The van der Waals surface area contributed by atoms with Gasteiger partial charge in [0, 0.05) is 13.0 Å². The third-order valence-corrected chi connectivity index (χ3v) is 3.36. The summed E-state index contributed by atoms with van der Waals surface area (Å²) in [6.45, 7) is 3.21. The number of carboxylic acid groups (broad SMARTS) is 1. The molecule has 1 aliphatic rings. The van der Waals surface area contributed by atoms with E-state index in [1.165, 1.54) is 18.9 Å². The maximum atomic E-state index is 10.8. The summed E-state index contributed by atoms with van der Waals surface area (Å²) in [5.74, 6) is -0.430. The van der Waals surface area contributed by atoms with E-state index in [4.69, 9.17) is 9.52 Å². The average molecular weight is 261 g/mol. The van der Waals surface area contributed by atoms with E-state index in [1.54, 1.807) is 6.07 Å². The van der Waals surface area contributed by atoms with Gasteiger partial charge in [-0.25, -0.2) is 9.78 Å². The summed E-state index contributed by atoms with van der Waals surface area (Å²) < 4.78 is 5.57. The molecule has 19 heavy (non-hydrogen) atoms. The van der Waals surface area contributed by atoms with Crippen LogP contribution in [0.1, 0.15) is 29.2 Å². The number of carboxylic acids is 1. The molecule has 0 spiro atoms. The van der Waals surface area contributed by atoms with Crippen molar-refractivity contribution in [1.29, 1.82) is 0 Å². The number of aromatic carboxylic acids is 1. The molecule has 0 unspecified atom stereocenters. The van der Waals surface area contributed by atoms with Crippen LogP contribution in [0.5, 0.6) is 0 Å². The van der Waals surface area contributed by atoms with E-state index in [-0.39, 0.29) is 5.69 Å². The maximum Gasteiger partial charge on any atom is 0.354 e. The molecule has 0 aliphatic carbocycles. The molecule has 2 aromatic rings. The number of aromatic nitrogens is 2. The van der Waals surface area contributed by atoms with Crippen molar-refractivity contribution in [1.82, 2.24) is 14.9 Å². The van der Waals surface area contributed by atoms with Crippen molar-refractivity contribution < 1.29 is 14.3 Å². The Balaban J connectivity index is 1.75. The van der Waals surface area contributed by atoms with Gasteiger partial charge in [0.1, 0.15) is 0 Å². The molecule has 3 heterocycles. The maximum absolute atomic E-state index is 10.8. The summed E-state index contributed by atoms with van der Waals surface area (Å²) >= 11 is 0. The number of carbonyl (C=O) groups is 1. The third-order valence-electron chi connectivity index (χ3n) is 3.36. The van der Waals surface area contributed by atoms with Crippen molar-refractivity contribution >= 4 is 17.2 Å². The van der Waals surface area contributed by atoms with Gasteiger partial charge in [-0.2, -0.15) is 4.98 Å². The van der Waals surface area contributed by atoms with Crippen LogP contribution in [-0.2, 0) is 6.42 Å². The monoisotopic (exact) mass is 261 g/mol. The fraction of sp³-hybridized carbons (Fsp3) is 0.462. The fourth-order valence-corrected chi connectivity index (χ4v) is 2.35. The number of nitrogens with zero attached hydrogens (tertiary/aromatic N) is 3. The van der Waals surface area contributed by atoms with Crippen LogP contribution in [0.4, 0.5) is 0 Å². The number of hydrogen-bond donors (Lipinski definition) is 1. The van der Waals surface area contributed by atoms with Gasteiger partial charge in [0.15, 0.2) is 22.8 Å². The summed E-state index contributed by atoms with van der Waals surface area (Å²) in [5.41, 5.74) is 0.907. The SMILES string of the molecule is O=C(O)c1ccc2oc(CCN3CCCC3)nc2n1. The Morgan fingerprint density at radius 3 is 2.84 bits per heavy atom. The minimum Gasteiger partial charge on any atom is -0.477 e. The third kappa shape index (κ3) is 2.58. The molecule has 0 amide bonds. The van der Waals surface area contributed by atoms with Crippen LogP contribution in [-0.4, -0.2) is 45.6 Å². The van der Waals surface area contributed by atoms with Crippen LogP contribution >= 0.6 is 0 Å². The van der Waals surface area contributed by atoms with Crippen LogP contribution in [0.25, 0.3) is 11.2 Å². The van der Waals surface area contributed by atoms with Gasteiger partial charge < -0.3 is 14.4 Å². The summed E-state index contributed by atoms with van der Waals surface area (Å²) in [7, 11) is 0. The molecule has 0 radical (unpaired) electrons. The predicted octanol–water partition coefficient (Wildman–Crippen LogP) is 1.56.